The number of aliphatic hydroxyl groups excluding tert-OH is 4. The Labute approximate surface area is 465 Å². The second-order valence-corrected chi connectivity index (χ2v) is 27.8. The van der Waals surface area contributed by atoms with E-state index >= 15 is 0 Å². The van der Waals surface area contributed by atoms with Crippen LogP contribution < -0.4 is 0 Å². The van der Waals surface area contributed by atoms with Crippen LogP contribution in [0.3, 0.4) is 0 Å². The SMILES string of the molecule is C=C1C[C@@H]2CC[C@@]34C[C@@H]5O[C@@H]6[C@@H](C[C@H]7CC[C@H](CC(=O)O[C@H]8C(C[C@H]9O[C@@H](CCC1O2)C[C@@H](C)C9=C)O[C@H]1C[C@H]2O[C@@]9(CC%10O[C@H](C[C@H](C)C%11O[C@H]([C@@H](O)CC(O)CO)C[C@@H]%11O)C[C@H](C)[C@@H]%10O9)C[C@H]2O[C@H]1[C@@H]8C)O[C@@H]7[C@@H]6O3)[C@@H]5O4. The summed E-state index contributed by atoms with van der Waals surface area (Å²) in [6, 6.07) is 0. The van der Waals surface area contributed by atoms with Gasteiger partial charge in [0.25, 0.3) is 0 Å². The highest BCUT2D eigenvalue weighted by Crippen LogP contribution is 2.59. The molecule has 0 amide bonds. The lowest BCUT2D eigenvalue weighted by Crippen LogP contribution is -2.61. The van der Waals surface area contributed by atoms with E-state index in [2.05, 4.69) is 40.9 Å². The largest absolute Gasteiger partial charge is 0.459 e. The van der Waals surface area contributed by atoms with E-state index in [0.29, 0.717) is 44.4 Å². The summed E-state index contributed by atoms with van der Waals surface area (Å²) in [5, 5.41) is 40.9. The molecule has 18 heteroatoms. The standard InChI is InChI=1S/C61H90O18/c1-27-13-35-9-10-42-28(2)14-37(67-42)11-12-60-24-50-57(78-60)39-17-33-7-8-36(70-56(33)59(79-60)58(39)74-50)19-51(66)75-55-32(6)54-47(71-46(55)21-43(68-35)31(27)5)22-45-48(73-54)23-61(76-45)25-49-53(77-61)30(4)16-38(69-49)15-29(3)52-41(65)20-44(72-52)40(64)18-34(63)26-62/h27,29-30,32-50,52-59,62-65H,2,5,7-26H2,1,3-4,6H3/t27-,29+,30+,32+,33-,34?,35+,36-,37+,38-,39+,40+,41+,42?,43-,44+,45-,46?,47+,48-,49?,50+,52?,53+,54+,55-,56+,57+,58-,59+,60+,61+/m1/s1. The van der Waals surface area contributed by atoms with Crippen molar-refractivity contribution in [3.63, 3.8) is 0 Å². The van der Waals surface area contributed by atoms with Gasteiger partial charge in [-0.15, -0.1) is 0 Å². The van der Waals surface area contributed by atoms with Crippen molar-refractivity contribution in [2.45, 2.75) is 308 Å². The lowest BCUT2D eigenvalue weighted by Gasteiger charge is -2.50. The first-order chi connectivity index (χ1) is 38.0. The average Bonchev–Trinajstić information content (AvgIpc) is 4.41. The van der Waals surface area contributed by atoms with Crippen LogP contribution in [0.1, 0.15) is 150 Å². The number of carbonyl (C=O) groups is 1. The molecule has 4 N–H and O–H groups in total. The predicted octanol–water partition coefficient (Wildman–Crippen LogP) is 5.43. The summed E-state index contributed by atoms with van der Waals surface area (Å²) in [4.78, 5) is 14.6. The number of ether oxygens (including phenoxy) is 13. The minimum atomic E-state index is -1.05. The number of hydrogen-bond donors (Lipinski definition) is 4. The summed E-state index contributed by atoms with van der Waals surface area (Å²) in [5.74, 6) is -1.24. The Kier molecular flexibility index (Phi) is 14.9. The van der Waals surface area contributed by atoms with Gasteiger partial charge in [0.15, 0.2) is 11.6 Å². The molecule has 15 fully saturated rings. The van der Waals surface area contributed by atoms with Gasteiger partial charge in [0.1, 0.15) is 12.2 Å². The van der Waals surface area contributed by atoms with E-state index in [9.17, 15) is 25.2 Å². The van der Waals surface area contributed by atoms with Crippen molar-refractivity contribution in [1.82, 2.24) is 0 Å². The summed E-state index contributed by atoms with van der Waals surface area (Å²) in [6.45, 7) is 17.3. The number of fused-ring (bicyclic) bond motifs is 9. The van der Waals surface area contributed by atoms with Crippen molar-refractivity contribution in [1.29, 1.82) is 0 Å². The van der Waals surface area contributed by atoms with Crippen molar-refractivity contribution < 1.29 is 86.8 Å². The summed E-state index contributed by atoms with van der Waals surface area (Å²) in [7, 11) is 0. The van der Waals surface area contributed by atoms with Gasteiger partial charge in [-0.2, -0.15) is 0 Å². The highest BCUT2D eigenvalue weighted by Gasteiger charge is 2.68. The van der Waals surface area contributed by atoms with Gasteiger partial charge in [-0.3, -0.25) is 4.79 Å². The van der Waals surface area contributed by atoms with Gasteiger partial charge in [0.2, 0.25) is 0 Å². The molecule has 1 saturated carbocycles. The van der Waals surface area contributed by atoms with Gasteiger partial charge in [-0.1, -0.05) is 40.9 Å². The summed E-state index contributed by atoms with van der Waals surface area (Å²) >= 11 is 0. The van der Waals surface area contributed by atoms with Crippen LogP contribution in [-0.2, 0) is 66.4 Å². The first-order valence-electron chi connectivity index (χ1n) is 31.1. The molecule has 14 saturated heterocycles. The van der Waals surface area contributed by atoms with Crippen molar-refractivity contribution >= 4 is 5.97 Å². The quantitative estimate of drug-likeness (QED) is 0.185. The normalized spacial score (nSPS) is 55.0. The number of esters is 1. The summed E-state index contributed by atoms with van der Waals surface area (Å²) in [6.07, 6.45) is 4.43. The van der Waals surface area contributed by atoms with Crippen LogP contribution in [0.5, 0.6) is 0 Å². The van der Waals surface area contributed by atoms with Crippen molar-refractivity contribution in [2.75, 3.05) is 6.61 Å². The maximum absolute atomic E-state index is 14.6. The molecule has 0 aromatic heterocycles. The molecule has 12 bridgehead atoms. The highest BCUT2D eigenvalue weighted by atomic mass is 16.8. The van der Waals surface area contributed by atoms with Gasteiger partial charge in [0, 0.05) is 63.2 Å². The number of carbonyl (C=O) groups excluding carboxylic acids is 1. The van der Waals surface area contributed by atoms with E-state index in [1.54, 1.807) is 0 Å². The van der Waals surface area contributed by atoms with Gasteiger partial charge < -0.3 is 82.0 Å². The van der Waals surface area contributed by atoms with Crippen molar-refractivity contribution in [2.24, 2.45) is 35.5 Å². The third-order valence-electron chi connectivity index (χ3n) is 22.2. The highest BCUT2D eigenvalue weighted by molar-refractivity contribution is 5.70. The number of hydrogen-bond acceptors (Lipinski definition) is 18. The van der Waals surface area contributed by atoms with Crippen molar-refractivity contribution in [3.05, 3.63) is 24.3 Å². The predicted molar refractivity (Wildman–Crippen MR) is 279 cm³/mol. The molecular weight excluding hydrogens is 1020 g/mol. The molecular formula is C61H90O18. The molecule has 14 aliphatic heterocycles. The van der Waals surface area contributed by atoms with Crippen LogP contribution in [0.2, 0.25) is 0 Å². The summed E-state index contributed by atoms with van der Waals surface area (Å²) < 4.78 is 89.8. The van der Waals surface area contributed by atoms with Crippen LogP contribution in [0.25, 0.3) is 0 Å². The van der Waals surface area contributed by atoms with Crippen LogP contribution in [0, 0.1) is 35.5 Å². The smallest absolute Gasteiger partial charge is 0.308 e. The molecule has 2 spiro atoms. The molecule has 0 aromatic rings. The average molecular weight is 1110 g/mol. The van der Waals surface area contributed by atoms with Crippen molar-refractivity contribution in [3.8, 4) is 0 Å². The maximum Gasteiger partial charge on any atom is 0.308 e. The Morgan fingerprint density at radius 1 is 0.620 bits per heavy atom. The monoisotopic (exact) mass is 1110 g/mol. The molecule has 14 heterocycles. The molecule has 0 aromatic carbocycles. The Morgan fingerprint density at radius 3 is 2.20 bits per heavy atom. The Hall–Kier alpha value is -1.69. The number of aliphatic hydroxyl groups is 4. The molecule has 5 unspecified atom stereocenters. The Bertz CT molecular complexity index is 2270. The molecule has 32 atom stereocenters. The lowest BCUT2D eigenvalue weighted by molar-refractivity contribution is -0.283. The first kappa shape index (κ1) is 55.2. The fourth-order valence-corrected chi connectivity index (χ4v) is 18.2. The zero-order valence-electron chi connectivity index (χ0n) is 46.9. The summed E-state index contributed by atoms with van der Waals surface area (Å²) in [5.41, 5.74) is 2.18. The molecule has 442 valence electrons. The van der Waals surface area contributed by atoms with E-state index < -0.39 is 60.9 Å². The fourth-order valence-electron chi connectivity index (χ4n) is 18.2. The van der Waals surface area contributed by atoms with Gasteiger partial charge in [-0.25, -0.2) is 0 Å². The van der Waals surface area contributed by atoms with Crippen LogP contribution in [-0.4, -0.2) is 191 Å². The van der Waals surface area contributed by atoms with Gasteiger partial charge in [-0.05, 0) is 99.0 Å². The minimum Gasteiger partial charge on any atom is -0.459 e. The minimum absolute atomic E-state index is 0.00850. The molecule has 15 rings (SSSR count). The Balaban J connectivity index is 0.668. The second-order valence-electron chi connectivity index (χ2n) is 27.8. The maximum atomic E-state index is 14.6. The third-order valence-corrected chi connectivity index (χ3v) is 22.2. The first-order valence-corrected chi connectivity index (χ1v) is 31.1. The molecule has 0 radical (unpaired) electrons. The van der Waals surface area contributed by atoms with Gasteiger partial charge >= 0.3 is 5.97 Å². The van der Waals surface area contributed by atoms with Crippen LogP contribution in [0.15, 0.2) is 24.3 Å². The van der Waals surface area contributed by atoms with E-state index in [1.165, 1.54) is 0 Å². The molecule has 18 nitrogen and oxygen atoms in total. The topological polar surface area (TPSA) is 218 Å². The third kappa shape index (κ3) is 10.2. The van der Waals surface area contributed by atoms with E-state index in [1.807, 2.05) is 0 Å². The fraction of sp³-hybridized carbons (Fsp3) is 0.918. The van der Waals surface area contributed by atoms with Crippen LogP contribution >= 0.6 is 0 Å². The zero-order chi connectivity index (χ0) is 54.4. The number of rotatable bonds is 7. The molecule has 15 aliphatic rings. The zero-order valence-corrected chi connectivity index (χ0v) is 46.9. The molecule has 79 heavy (non-hydrogen) atoms. The molecule has 1 aliphatic carbocycles. The lowest BCUT2D eigenvalue weighted by atomic mass is 9.70. The second kappa shape index (κ2) is 21.4. The van der Waals surface area contributed by atoms with E-state index in [-0.39, 0.29) is 159 Å². The van der Waals surface area contributed by atoms with Gasteiger partial charge in [0.05, 0.1) is 147 Å². The van der Waals surface area contributed by atoms with Crippen LogP contribution in [0.4, 0.5) is 0 Å². The van der Waals surface area contributed by atoms with E-state index in [4.69, 9.17) is 61.6 Å². The van der Waals surface area contributed by atoms with E-state index in [0.717, 1.165) is 75.4 Å². The Morgan fingerprint density at radius 2 is 1.35 bits per heavy atom.